The van der Waals surface area contributed by atoms with Crippen molar-refractivity contribution in [2.45, 2.75) is 30.1 Å². The number of benzene rings is 2. The SMILES string of the molecule is C=C(C)C(=O)OCCOc1ccc(Sc2ccc(C(=O)CC)cc2)cc1. The summed E-state index contributed by atoms with van der Waals surface area (Å²) in [5.41, 5.74) is 1.12. The zero-order valence-corrected chi connectivity index (χ0v) is 15.8. The number of carbonyl (C=O) groups excluding carboxylic acids is 2. The molecule has 0 unspecified atom stereocenters. The molecule has 0 bridgehead atoms. The van der Waals surface area contributed by atoms with Crippen LogP contribution >= 0.6 is 11.8 Å². The zero-order chi connectivity index (χ0) is 18.9. The number of Topliss-reactive ketones (excluding diaryl/α,β-unsaturated/α-hetero) is 1. The molecular formula is C21H22O4S. The monoisotopic (exact) mass is 370 g/mol. The van der Waals surface area contributed by atoms with Gasteiger partial charge in [-0.15, -0.1) is 0 Å². The Morgan fingerprint density at radius 3 is 2.08 bits per heavy atom. The molecule has 0 heterocycles. The van der Waals surface area contributed by atoms with E-state index in [1.54, 1.807) is 18.7 Å². The van der Waals surface area contributed by atoms with Gasteiger partial charge in [0.25, 0.3) is 0 Å². The van der Waals surface area contributed by atoms with Crippen LogP contribution < -0.4 is 4.74 Å². The van der Waals surface area contributed by atoms with Crippen molar-refractivity contribution in [1.29, 1.82) is 0 Å². The zero-order valence-electron chi connectivity index (χ0n) is 15.0. The Bertz CT molecular complexity index is 764. The molecule has 0 N–H and O–H groups in total. The molecule has 2 rings (SSSR count). The van der Waals surface area contributed by atoms with E-state index in [4.69, 9.17) is 9.47 Å². The second kappa shape index (κ2) is 9.82. The van der Waals surface area contributed by atoms with Gasteiger partial charge in [-0.2, -0.15) is 0 Å². The Kier molecular flexibility index (Phi) is 7.48. The van der Waals surface area contributed by atoms with Gasteiger partial charge < -0.3 is 9.47 Å². The molecule has 0 saturated heterocycles. The molecule has 0 aliphatic heterocycles. The predicted molar refractivity (Wildman–Crippen MR) is 103 cm³/mol. The highest BCUT2D eigenvalue weighted by Gasteiger charge is 2.05. The van der Waals surface area contributed by atoms with E-state index in [1.807, 2.05) is 55.5 Å². The highest BCUT2D eigenvalue weighted by atomic mass is 32.2. The van der Waals surface area contributed by atoms with Crippen molar-refractivity contribution in [1.82, 2.24) is 0 Å². The number of esters is 1. The smallest absolute Gasteiger partial charge is 0.333 e. The molecule has 26 heavy (non-hydrogen) atoms. The van der Waals surface area contributed by atoms with Gasteiger partial charge in [0.2, 0.25) is 0 Å². The lowest BCUT2D eigenvalue weighted by Crippen LogP contribution is -2.12. The lowest BCUT2D eigenvalue weighted by molar-refractivity contribution is -0.139. The van der Waals surface area contributed by atoms with Crippen molar-refractivity contribution in [3.05, 3.63) is 66.2 Å². The summed E-state index contributed by atoms with van der Waals surface area (Å²) in [6.45, 7) is 7.46. The third-order valence-electron chi connectivity index (χ3n) is 3.49. The van der Waals surface area contributed by atoms with Crippen LogP contribution in [0.5, 0.6) is 5.75 Å². The minimum Gasteiger partial charge on any atom is -0.490 e. The van der Waals surface area contributed by atoms with E-state index in [0.717, 1.165) is 15.4 Å². The van der Waals surface area contributed by atoms with Gasteiger partial charge in [0.15, 0.2) is 5.78 Å². The average Bonchev–Trinajstić information content (AvgIpc) is 2.66. The van der Waals surface area contributed by atoms with Crippen molar-refractivity contribution in [3.63, 3.8) is 0 Å². The molecule has 2 aromatic rings. The fraction of sp³-hybridized carbons (Fsp3) is 0.238. The molecule has 5 heteroatoms. The summed E-state index contributed by atoms with van der Waals surface area (Å²) in [4.78, 5) is 25.0. The standard InChI is InChI=1S/C21H22O4S/c1-4-20(22)16-5-9-18(10-6-16)26-19-11-7-17(8-12-19)24-13-14-25-21(23)15(2)3/h5-12H,2,4,13-14H2,1,3H3. The predicted octanol–water partition coefficient (Wildman–Crippen LogP) is 4.93. The van der Waals surface area contributed by atoms with E-state index < -0.39 is 5.97 Å². The number of hydrogen-bond donors (Lipinski definition) is 0. The molecule has 0 amide bonds. The summed E-state index contributed by atoms with van der Waals surface area (Å²) in [5, 5.41) is 0. The summed E-state index contributed by atoms with van der Waals surface area (Å²) in [6.07, 6.45) is 0.514. The molecule has 2 aromatic carbocycles. The maximum absolute atomic E-state index is 11.6. The van der Waals surface area contributed by atoms with Crippen molar-refractivity contribution in [3.8, 4) is 5.75 Å². The Morgan fingerprint density at radius 2 is 1.54 bits per heavy atom. The van der Waals surface area contributed by atoms with E-state index >= 15 is 0 Å². The van der Waals surface area contributed by atoms with Crippen LogP contribution in [0.2, 0.25) is 0 Å². The molecule has 0 atom stereocenters. The molecular weight excluding hydrogens is 348 g/mol. The van der Waals surface area contributed by atoms with Gasteiger partial charge in [0.1, 0.15) is 19.0 Å². The number of hydrogen-bond acceptors (Lipinski definition) is 5. The van der Waals surface area contributed by atoms with Crippen LogP contribution in [0.1, 0.15) is 30.6 Å². The maximum atomic E-state index is 11.6. The van der Waals surface area contributed by atoms with Crippen molar-refractivity contribution in [2.24, 2.45) is 0 Å². The second-order valence-electron chi connectivity index (χ2n) is 5.64. The summed E-state index contributed by atoms with van der Waals surface area (Å²) >= 11 is 1.61. The van der Waals surface area contributed by atoms with E-state index in [-0.39, 0.29) is 12.4 Å². The summed E-state index contributed by atoms with van der Waals surface area (Å²) < 4.78 is 10.5. The van der Waals surface area contributed by atoms with Crippen LogP contribution in [0.15, 0.2) is 70.5 Å². The Balaban J connectivity index is 1.82. The third-order valence-corrected chi connectivity index (χ3v) is 4.51. The van der Waals surface area contributed by atoms with Gasteiger partial charge in [-0.3, -0.25) is 4.79 Å². The highest BCUT2D eigenvalue weighted by molar-refractivity contribution is 7.99. The first-order valence-corrected chi connectivity index (χ1v) is 9.18. The average molecular weight is 370 g/mol. The first-order valence-electron chi connectivity index (χ1n) is 8.36. The molecule has 0 spiro atoms. The van der Waals surface area contributed by atoms with Gasteiger partial charge in [-0.25, -0.2) is 4.79 Å². The van der Waals surface area contributed by atoms with Crippen LogP contribution in [0.3, 0.4) is 0 Å². The van der Waals surface area contributed by atoms with Crippen molar-refractivity contribution in [2.75, 3.05) is 13.2 Å². The minimum absolute atomic E-state index is 0.150. The number of ketones is 1. The van der Waals surface area contributed by atoms with E-state index in [9.17, 15) is 9.59 Å². The van der Waals surface area contributed by atoms with Crippen LogP contribution in [0.4, 0.5) is 0 Å². The fourth-order valence-electron chi connectivity index (χ4n) is 2.07. The molecule has 0 saturated carbocycles. The number of ether oxygens (including phenoxy) is 2. The second-order valence-corrected chi connectivity index (χ2v) is 6.79. The number of rotatable bonds is 9. The summed E-state index contributed by atoms with van der Waals surface area (Å²) in [6, 6.07) is 15.3. The highest BCUT2D eigenvalue weighted by Crippen LogP contribution is 2.29. The van der Waals surface area contributed by atoms with E-state index in [1.165, 1.54) is 0 Å². The van der Waals surface area contributed by atoms with Gasteiger partial charge >= 0.3 is 5.97 Å². The molecule has 0 aliphatic rings. The summed E-state index contributed by atoms with van der Waals surface area (Å²) in [7, 11) is 0. The first-order chi connectivity index (χ1) is 12.5. The van der Waals surface area contributed by atoms with E-state index in [0.29, 0.717) is 24.4 Å². The van der Waals surface area contributed by atoms with Crippen LogP contribution in [-0.2, 0) is 9.53 Å². The van der Waals surface area contributed by atoms with E-state index in [2.05, 4.69) is 6.58 Å². The fourth-order valence-corrected chi connectivity index (χ4v) is 2.89. The normalized spacial score (nSPS) is 10.2. The van der Waals surface area contributed by atoms with Crippen molar-refractivity contribution >= 4 is 23.5 Å². The van der Waals surface area contributed by atoms with Gasteiger partial charge in [0.05, 0.1) is 0 Å². The lowest BCUT2D eigenvalue weighted by atomic mass is 10.1. The molecule has 0 fully saturated rings. The maximum Gasteiger partial charge on any atom is 0.333 e. The Morgan fingerprint density at radius 1 is 0.962 bits per heavy atom. The molecule has 4 nitrogen and oxygen atoms in total. The third kappa shape index (κ3) is 6.08. The van der Waals surface area contributed by atoms with Crippen LogP contribution in [0.25, 0.3) is 0 Å². The van der Waals surface area contributed by atoms with Crippen LogP contribution in [0, 0.1) is 0 Å². The molecule has 136 valence electrons. The van der Waals surface area contributed by atoms with Gasteiger partial charge in [0, 0.05) is 27.3 Å². The van der Waals surface area contributed by atoms with Crippen LogP contribution in [-0.4, -0.2) is 25.0 Å². The molecule has 0 aromatic heterocycles. The quantitative estimate of drug-likeness (QED) is 0.271. The summed E-state index contributed by atoms with van der Waals surface area (Å²) in [5.74, 6) is 0.452. The van der Waals surface area contributed by atoms with Crippen molar-refractivity contribution < 1.29 is 19.1 Å². The Hall–Kier alpha value is -2.53. The van der Waals surface area contributed by atoms with Gasteiger partial charge in [-0.05, 0) is 43.3 Å². The first kappa shape index (κ1) is 19.8. The topological polar surface area (TPSA) is 52.6 Å². The van der Waals surface area contributed by atoms with Gasteiger partial charge in [-0.1, -0.05) is 37.4 Å². The largest absolute Gasteiger partial charge is 0.490 e. The molecule has 0 radical (unpaired) electrons. The molecule has 0 aliphatic carbocycles. The lowest BCUT2D eigenvalue weighted by Gasteiger charge is -2.08. The Labute approximate surface area is 158 Å². The minimum atomic E-state index is -0.410. The number of carbonyl (C=O) groups is 2.